The number of fused-ring (bicyclic) bond motifs is 1. The van der Waals surface area contributed by atoms with Crippen molar-refractivity contribution in [2.45, 2.75) is 19.5 Å². The number of aromatic nitrogens is 1. The second kappa shape index (κ2) is 6.22. The minimum Gasteiger partial charge on any atom is -0.493 e. The first-order chi connectivity index (χ1) is 10.2. The summed E-state index contributed by atoms with van der Waals surface area (Å²) in [5, 5.41) is 0. The Labute approximate surface area is 133 Å². The van der Waals surface area contributed by atoms with Crippen LogP contribution in [0.4, 0.5) is 0 Å². The molecule has 0 amide bonds. The van der Waals surface area contributed by atoms with Crippen LogP contribution in [-0.2, 0) is 19.5 Å². The number of halogens is 1. The van der Waals surface area contributed by atoms with Crippen LogP contribution < -0.4 is 9.47 Å². The van der Waals surface area contributed by atoms with E-state index in [0.29, 0.717) is 4.47 Å². The highest BCUT2D eigenvalue weighted by molar-refractivity contribution is 7.15. The molecule has 0 radical (unpaired) electrons. The van der Waals surface area contributed by atoms with E-state index in [2.05, 4.69) is 22.0 Å². The molecular formula is C15H17ClN2O2S. The summed E-state index contributed by atoms with van der Waals surface area (Å²) in [7, 11) is 3.34. The molecule has 0 saturated heterocycles. The van der Waals surface area contributed by atoms with Crippen molar-refractivity contribution in [1.29, 1.82) is 0 Å². The molecular weight excluding hydrogens is 308 g/mol. The first-order valence-electron chi connectivity index (χ1n) is 6.76. The topological polar surface area (TPSA) is 34.6 Å². The second-order valence-corrected chi connectivity index (χ2v) is 6.71. The molecule has 1 aliphatic heterocycles. The Balaban J connectivity index is 1.78. The van der Waals surface area contributed by atoms with Crippen molar-refractivity contribution in [3.05, 3.63) is 38.8 Å². The van der Waals surface area contributed by atoms with Gasteiger partial charge in [-0.15, -0.1) is 11.3 Å². The van der Waals surface area contributed by atoms with Crippen LogP contribution in [0, 0.1) is 0 Å². The van der Waals surface area contributed by atoms with Crippen molar-refractivity contribution in [2.75, 3.05) is 20.8 Å². The van der Waals surface area contributed by atoms with Crippen LogP contribution in [0.15, 0.2) is 18.3 Å². The van der Waals surface area contributed by atoms with E-state index in [1.54, 1.807) is 25.6 Å². The maximum atomic E-state index is 5.89. The van der Waals surface area contributed by atoms with Crippen molar-refractivity contribution in [2.24, 2.45) is 0 Å². The SMILES string of the molecule is COc1cc2c(cc1OC)CN(Cc1cnc(Cl)s1)CC2. The molecule has 0 fully saturated rings. The molecule has 0 N–H and O–H groups in total. The molecule has 0 aliphatic carbocycles. The highest BCUT2D eigenvalue weighted by Crippen LogP contribution is 2.33. The maximum Gasteiger partial charge on any atom is 0.183 e. The second-order valence-electron chi connectivity index (χ2n) is 5.02. The third kappa shape index (κ3) is 3.15. The lowest BCUT2D eigenvalue weighted by atomic mass is 9.99. The number of benzene rings is 1. The van der Waals surface area contributed by atoms with Gasteiger partial charge in [0.25, 0.3) is 0 Å². The molecule has 0 bridgehead atoms. The van der Waals surface area contributed by atoms with Gasteiger partial charge in [0.1, 0.15) is 0 Å². The largest absolute Gasteiger partial charge is 0.493 e. The molecule has 2 aromatic rings. The number of thiazole rings is 1. The van der Waals surface area contributed by atoms with Gasteiger partial charge in [-0.2, -0.15) is 0 Å². The van der Waals surface area contributed by atoms with Gasteiger partial charge in [-0.1, -0.05) is 11.6 Å². The standard InChI is InChI=1S/C15H17ClN2O2S/c1-19-13-5-10-3-4-18(8-11(10)6-14(13)20-2)9-12-7-17-15(16)21-12/h5-7H,3-4,8-9H2,1-2H3. The Morgan fingerprint density at radius 1 is 1.24 bits per heavy atom. The number of nitrogens with zero attached hydrogens (tertiary/aromatic N) is 2. The third-order valence-electron chi connectivity index (χ3n) is 3.70. The summed E-state index contributed by atoms with van der Waals surface area (Å²) in [5.74, 6) is 1.60. The molecule has 3 rings (SSSR count). The fraction of sp³-hybridized carbons (Fsp3) is 0.400. The number of ether oxygens (including phenoxy) is 2. The number of hydrogen-bond donors (Lipinski definition) is 0. The monoisotopic (exact) mass is 324 g/mol. The van der Waals surface area contributed by atoms with Crippen LogP contribution in [0.25, 0.3) is 0 Å². The van der Waals surface area contributed by atoms with Gasteiger partial charge in [-0.05, 0) is 29.7 Å². The van der Waals surface area contributed by atoms with Crippen LogP contribution in [0.2, 0.25) is 4.47 Å². The van der Waals surface area contributed by atoms with Gasteiger partial charge in [-0.25, -0.2) is 4.98 Å². The van der Waals surface area contributed by atoms with Crippen molar-refractivity contribution in [1.82, 2.24) is 9.88 Å². The molecule has 0 unspecified atom stereocenters. The smallest absolute Gasteiger partial charge is 0.183 e. The van der Waals surface area contributed by atoms with Gasteiger partial charge in [-0.3, -0.25) is 4.90 Å². The summed E-state index contributed by atoms with van der Waals surface area (Å²) < 4.78 is 11.4. The predicted octanol–water partition coefficient (Wildman–Crippen LogP) is 3.37. The van der Waals surface area contributed by atoms with Crippen LogP contribution in [0.3, 0.4) is 0 Å². The van der Waals surface area contributed by atoms with Gasteiger partial charge in [0.15, 0.2) is 16.0 Å². The van der Waals surface area contributed by atoms with E-state index < -0.39 is 0 Å². The average Bonchev–Trinajstić information content (AvgIpc) is 2.90. The van der Waals surface area contributed by atoms with E-state index in [1.165, 1.54) is 16.0 Å². The Hall–Kier alpha value is -1.30. The fourth-order valence-electron chi connectivity index (χ4n) is 2.65. The molecule has 1 aliphatic rings. The van der Waals surface area contributed by atoms with E-state index in [4.69, 9.17) is 21.1 Å². The summed E-state index contributed by atoms with van der Waals surface area (Å²) in [6.07, 6.45) is 2.87. The zero-order chi connectivity index (χ0) is 14.8. The molecule has 4 nitrogen and oxygen atoms in total. The van der Waals surface area contributed by atoms with E-state index in [9.17, 15) is 0 Å². The van der Waals surface area contributed by atoms with Crippen molar-refractivity contribution < 1.29 is 9.47 Å². The van der Waals surface area contributed by atoms with Gasteiger partial charge in [0.2, 0.25) is 0 Å². The zero-order valence-corrected chi connectivity index (χ0v) is 13.6. The lowest BCUT2D eigenvalue weighted by Crippen LogP contribution is -2.29. The van der Waals surface area contributed by atoms with E-state index in [-0.39, 0.29) is 0 Å². The van der Waals surface area contributed by atoms with E-state index in [1.807, 2.05) is 6.20 Å². The normalized spacial score (nSPS) is 14.8. The molecule has 0 atom stereocenters. The molecule has 21 heavy (non-hydrogen) atoms. The number of methoxy groups -OCH3 is 2. The minimum absolute atomic E-state index is 0.605. The molecule has 0 saturated carbocycles. The van der Waals surface area contributed by atoms with Gasteiger partial charge in [0.05, 0.1) is 14.2 Å². The molecule has 1 aromatic carbocycles. The Morgan fingerprint density at radius 2 is 1.95 bits per heavy atom. The van der Waals surface area contributed by atoms with Crippen molar-refractivity contribution in [3.8, 4) is 11.5 Å². The quantitative estimate of drug-likeness (QED) is 0.863. The summed E-state index contributed by atoms with van der Waals surface area (Å²) in [6, 6.07) is 4.18. The molecule has 6 heteroatoms. The van der Waals surface area contributed by atoms with E-state index >= 15 is 0 Å². The maximum absolute atomic E-state index is 5.89. The Kier molecular flexibility index (Phi) is 4.33. The van der Waals surface area contributed by atoms with Crippen molar-refractivity contribution >= 4 is 22.9 Å². The predicted molar refractivity (Wildman–Crippen MR) is 84.5 cm³/mol. The number of rotatable bonds is 4. The lowest BCUT2D eigenvalue weighted by molar-refractivity contribution is 0.246. The highest BCUT2D eigenvalue weighted by Gasteiger charge is 2.20. The third-order valence-corrected chi connectivity index (χ3v) is 4.80. The van der Waals surface area contributed by atoms with Gasteiger partial charge < -0.3 is 9.47 Å². The van der Waals surface area contributed by atoms with Crippen LogP contribution in [-0.4, -0.2) is 30.6 Å². The van der Waals surface area contributed by atoms with Gasteiger partial charge >= 0.3 is 0 Å². The van der Waals surface area contributed by atoms with E-state index in [0.717, 1.165) is 37.6 Å². The van der Waals surface area contributed by atoms with Crippen LogP contribution in [0.1, 0.15) is 16.0 Å². The van der Waals surface area contributed by atoms with Crippen molar-refractivity contribution in [3.63, 3.8) is 0 Å². The molecule has 2 heterocycles. The Morgan fingerprint density at radius 3 is 2.57 bits per heavy atom. The summed E-state index contributed by atoms with van der Waals surface area (Å²) in [5.41, 5.74) is 2.64. The fourth-order valence-corrected chi connectivity index (χ4v) is 3.67. The van der Waals surface area contributed by atoms with Crippen LogP contribution in [0.5, 0.6) is 11.5 Å². The first kappa shape index (κ1) is 14.6. The highest BCUT2D eigenvalue weighted by atomic mass is 35.5. The summed E-state index contributed by atoms with van der Waals surface area (Å²) in [6.45, 7) is 2.82. The molecule has 0 spiro atoms. The summed E-state index contributed by atoms with van der Waals surface area (Å²) >= 11 is 7.43. The van der Waals surface area contributed by atoms with Gasteiger partial charge in [0, 0.05) is 30.7 Å². The molecule has 1 aromatic heterocycles. The average molecular weight is 325 g/mol. The Bertz CT molecular complexity index is 645. The number of hydrogen-bond acceptors (Lipinski definition) is 5. The zero-order valence-electron chi connectivity index (χ0n) is 12.1. The summed E-state index contributed by atoms with van der Waals surface area (Å²) in [4.78, 5) is 7.70. The lowest BCUT2D eigenvalue weighted by Gasteiger charge is -2.29. The molecule has 112 valence electrons. The first-order valence-corrected chi connectivity index (χ1v) is 7.95. The van der Waals surface area contributed by atoms with Crippen LogP contribution >= 0.6 is 22.9 Å². The minimum atomic E-state index is 0.605.